The number of rotatable bonds is 5. The maximum atomic E-state index is 12.3. The fourth-order valence-electron chi connectivity index (χ4n) is 2.91. The zero-order valence-electron chi connectivity index (χ0n) is 14.8. The molecule has 0 aliphatic heterocycles. The Hall–Kier alpha value is -3.61. The molecule has 1 aromatic carbocycles. The Balaban J connectivity index is 1.41. The molecule has 3 heterocycles. The van der Waals surface area contributed by atoms with Crippen molar-refractivity contribution in [2.75, 3.05) is 5.32 Å². The van der Waals surface area contributed by atoms with Crippen LogP contribution >= 0.6 is 0 Å². The van der Waals surface area contributed by atoms with E-state index in [2.05, 4.69) is 25.4 Å². The summed E-state index contributed by atoms with van der Waals surface area (Å²) in [5, 5.41) is 9.35. The molecule has 134 valence electrons. The van der Waals surface area contributed by atoms with E-state index in [4.69, 9.17) is 0 Å². The molecule has 0 saturated heterocycles. The number of pyridine rings is 1. The lowest BCUT2D eigenvalue weighted by molar-refractivity contribution is -0.116. The molecule has 0 spiro atoms. The largest absolute Gasteiger partial charge is 0.309 e. The summed E-state index contributed by atoms with van der Waals surface area (Å²) in [5.41, 5.74) is 1.98. The number of anilines is 1. The molecule has 1 amide bonds. The van der Waals surface area contributed by atoms with Crippen LogP contribution in [0.1, 0.15) is 17.7 Å². The second kappa shape index (κ2) is 7.33. The quantitative estimate of drug-likeness (QED) is 0.592. The lowest BCUT2D eigenvalue weighted by Crippen LogP contribution is -2.13. The van der Waals surface area contributed by atoms with Crippen LogP contribution in [-0.2, 0) is 11.2 Å². The smallest absolute Gasteiger partial charge is 0.250 e. The van der Waals surface area contributed by atoms with Crippen molar-refractivity contribution >= 4 is 22.5 Å². The van der Waals surface area contributed by atoms with Crippen molar-refractivity contribution in [3.63, 3.8) is 0 Å². The average molecular weight is 358 g/mol. The van der Waals surface area contributed by atoms with E-state index in [0.717, 1.165) is 22.0 Å². The molecule has 1 N–H and O–H groups in total. The topological polar surface area (TPSA) is 85.6 Å². The zero-order valence-corrected chi connectivity index (χ0v) is 14.8. The minimum Gasteiger partial charge on any atom is -0.309 e. The summed E-state index contributed by atoms with van der Waals surface area (Å²) in [4.78, 5) is 24.9. The first kappa shape index (κ1) is 16.8. The number of amides is 1. The first-order valence-corrected chi connectivity index (χ1v) is 8.66. The van der Waals surface area contributed by atoms with E-state index >= 15 is 0 Å². The van der Waals surface area contributed by atoms with Crippen molar-refractivity contribution in [3.8, 4) is 5.95 Å². The van der Waals surface area contributed by atoms with Crippen LogP contribution in [-0.4, -0.2) is 30.6 Å². The first-order chi connectivity index (χ1) is 13.2. The Labute approximate surface area is 156 Å². The molecule has 4 rings (SSSR count). The third kappa shape index (κ3) is 3.82. The molecule has 3 aromatic heterocycles. The Bertz CT molecular complexity index is 1100. The second-order valence-corrected chi connectivity index (χ2v) is 6.21. The standard InChI is InChI=1S/C20H18N6O/c1-14-7-11-22-20(23-14)26-12-9-18(25-26)24-19(27)6-5-15-3-2-4-16-13-21-10-8-17(15)16/h2-4,7-13H,5-6H2,1H3,(H,24,25,27). The van der Waals surface area contributed by atoms with Crippen LogP contribution in [0.25, 0.3) is 16.7 Å². The monoisotopic (exact) mass is 358 g/mol. The Kier molecular flexibility index (Phi) is 4.57. The number of aryl methyl sites for hydroxylation is 2. The molecule has 0 unspecified atom stereocenters. The number of nitrogens with zero attached hydrogens (tertiary/aromatic N) is 5. The highest BCUT2D eigenvalue weighted by Gasteiger charge is 2.09. The third-order valence-electron chi connectivity index (χ3n) is 4.24. The maximum absolute atomic E-state index is 12.3. The number of aromatic nitrogens is 5. The van der Waals surface area contributed by atoms with Gasteiger partial charge in [-0.3, -0.25) is 9.78 Å². The summed E-state index contributed by atoms with van der Waals surface area (Å²) in [6.07, 6.45) is 8.02. The van der Waals surface area contributed by atoms with Crippen LogP contribution in [0.3, 0.4) is 0 Å². The van der Waals surface area contributed by atoms with E-state index in [0.29, 0.717) is 24.6 Å². The summed E-state index contributed by atoms with van der Waals surface area (Å²) < 4.78 is 1.54. The molecule has 7 nitrogen and oxygen atoms in total. The van der Waals surface area contributed by atoms with Crippen molar-refractivity contribution in [1.29, 1.82) is 0 Å². The number of hydrogen-bond acceptors (Lipinski definition) is 5. The normalized spacial score (nSPS) is 10.9. The number of carbonyl (C=O) groups is 1. The van der Waals surface area contributed by atoms with Gasteiger partial charge in [0, 0.05) is 48.4 Å². The van der Waals surface area contributed by atoms with Crippen LogP contribution in [0.5, 0.6) is 0 Å². The van der Waals surface area contributed by atoms with Gasteiger partial charge in [-0.15, -0.1) is 5.10 Å². The van der Waals surface area contributed by atoms with Gasteiger partial charge in [-0.05, 0) is 36.4 Å². The number of fused-ring (bicyclic) bond motifs is 1. The van der Waals surface area contributed by atoms with Gasteiger partial charge in [0.2, 0.25) is 5.91 Å². The molecule has 0 aliphatic rings. The summed E-state index contributed by atoms with van der Waals surface area (Å²) in [6, 6.07) is 11.6. The average Bonchev–Trinajstić information content (AvgIpc) is 3.15. The predicted octanol–water partition coefficient (Wildman–Crippen LogP) is 3.09. The van der Waals surface area contributed by atoms with Crippen molar-refractivity contribution < 1.29 is 4.79 Å². The number of nitrogens with one attached hydrogen (secondary N) is 1. The summed E-state index contributed by atoms with van der Waals surface area (Å²) >= 11 is 0. The van der Waals surface area contributed by atoms with Crippen LogP contribution in [0, 0.1) is 6.92 Å². The van der Waals surface area contributed by atoms with Crippen LogP contribution in [0.4, 0.5) is 5.82 Å². The molecular formula is C20H18N6O. The van der Waals surface area contributed by atoms with Crippen molar-refractivity contribution in [1.82, 2.24) is 24.7 Å². The lowest BCUT2D eigenvalue weighted by Gasteiger charge is -2.06. The van der Waals surface area contributed by atoms with E-state index in [-0.39, 0.29) is 5.91 Å². The van der Waals surface area contributed by atoms with E-state index in [9.17, 15) is 4.79 Å². The van der Waals surface area contributed by atoms with E-state index < -0.39 is 0 Å². The lowest BCUT2D eigenvalue weighted by atomic mass is 10.0. The van der Waals surface area contributed by atoms with Gasteiger partial charge in [0.05, 0.1) is 0 Å². The minimum absolute atomic E-state index is 0.0866. The van der Waals surface area contributed by atoms with Gasteiger partial charge in [0.15, 0.2) is 5.82 Å². The molecule has 0 radical (unpaired) electrons. The molecule has 0 fully saturated rings. The van der Waals surface area contributed by atoms with Crippen molar-refractivity contribution in [2.24, 2.45) is 0 Å². The van der Waals surface area contributed by atoms with Crippen LogP contribution < -0.4 is 5.32 Å². The number of hydrogen-bond donors (Lipinski definition) is 1. The van der Waals surface area contributed by atoms with Crippen molar-refractivity contribution in [2.45, 2.75) is 19.8 Å². The molecule has 0 aliphatic carbocycles. The zero-order chi connectivity index (χ0) is 18.6. The van der Waals surface area contributed by atoms with Crippen LogP contribution in [0.15, 0.2) is 61.2 Å². The highest BCUT2D eigenvalue weighted by atomic mass is 16.1. The van der Waals surface area contributed by atoms with Crippen molar-refractivity contribution in [3.05, 3.63) is 72.4 Å². The molecule has 7 heteroatoms. The highest BCUT2D eigenvalue weighted by Crippen LogP contribution is 2.19. The summed E-state index contributed by atoms with van der Waals surface area (Å²) in [6.45, 7) is 1.89. The van der Waals surface area contributed by atoms with Crippen LogP contribution in [0.2, 0.25) is 0 Å². The van der Waals surface area contributed by atoms with Gasteiger partial charge in [-0.1, -0.05) is 18.2 Å². The predicted molar refractivity (Wildman–Crippen MR) is 103 cm³/mol. The van der Waals surface area contributed by atoms with Gasteiger partial charge in [-0.2, -0.15) is 0 Å². The second-order valence-electron chi connectivity index (χ2n) is 6.21. The van der Waals surface area contributed by atoms with E-state index in [1.807, 2.05) is 43.5 Å². The minimum atomic E-state index is -0.0866. The molecule has 0 saturated carbocycles. The maximum Gasteiger partial charge on any atom is 0.250 e. The fourth-order valence-corrected chi connectivity index (χ4v) is 2.91. The first-order valence-electron chi connectivity index (χ1n) is 8.66. The molecule has 4 aromatic rings. The SMILES string of the molecule is Cc1ccnc(-n2ccc(NC(=O)CCc3cccc4cnccc34)n2)n1. The number of carbonyl (C=O) groups excluding carboxylic acids is 1. The van der Waals surface area contributed by atoms with Gasteiger partial charge < -0.3 is 5.32 Å². The summed E-state index contributed by atoms with van der Waals surface area (Å²) in [5.74, 6) is 0.864. The Morgan fingerprint density at radius 3 is 2.96 bits per heavy atom. The van der Waals surface area contributed by atoms with E-state index in [1.54, 1.807) is 29.3 Å². The number of benzene rings is 1. The van der Waals surface area contributed by atoms with Gasteiger partial charge in [0.25, 0.3) is 5.95 Å². The fraction of sp³-hybridized carbons (Fsp3) is 0.150. The van der Waals surface area contributed by atoms with E-state index in [1.165, 1.54) is 0 Å². The summed E-state index contributed by atoms with van der Waals surface area (Å²) in [7, 11) is 0. The Morgan fingerprint density at radius 1 is 1.15 bits per heavy atom. The van der Waals surface area contributed by atoms with Gasteiger partial charge in [-0.25, -0.2) is 14.6 Å². The van der Waals surface area contributed by atoms with Gasteiger partial charge in [0.1, 0.15) is 0 Å². The molecule has 0 bridgehead atoms. The molecule has 27 heavy (non-hydrogen) atoms. The molecular weight excluding hydrogens is 340 g/mol. The van der Waals surface area contributed by atoms with Gasteiger partial charge >= 0.3 is 0 Å². The third-order valence-corrected chi connectivity index (χ3v) is 4.24. The Morgan fingerprint density at radius 2 is 2.07 bits per heavy atom. The highest BCUT2D eigenvalue weighted by molar-refractivity contribution is 5.91. The molecule has 0 atom stereocenters.